The highest BCUT2D eigenvalue weighted by Gasteiger charge is 2.48. The average molecular weight is 463 g/mol. The quantitative estimate of drug-likeness (QED) is 0.632. The lowest BCUT2D eigenvalue weighted by molar-refractivity contribution is -0.139. The van der Waals surface area contributed by atoms with E-state index in [1.807, 2.05) is 23.1 Å². The Morgan fingerprint density at radius 1 is 1.03 bits per heavy atom. The van der Waals surface area contributed by atoms with Gasteiger partial charge in [-0.25, -0.2) is 0 Å². The third-order valence-electron chi connectivity index (χ3n) is 7.88. The Kier molecular flexibility index (Phi) is 6.55. The Hall–Kier alpha value is -2.93. The maximum atomic E-state index is 13.3. The van der Waals surface area contributed by atoms with E-state index in [0.29, 0.717) is 12.1 Å². The third-order valence-corrected chi connectivity index (χ3v) is 7.88. The zero-order chi connectivity index (χ0) is 23.5. The smallest absolute Gasteiger partial charge is 0.252 e. The van der Waals surface area contributed by atoms with E-state index < -0.39 is 0 Å². The molecule has 0 unspecified atom stereocenters. The molecule has 2 N–H and O–H groups in total. The van der Waals surface area contributed by atoms with Crippen molar-refractivity contribution in [3.8, 4) is 0 Å². The molecule has 1 spiro atoms. The summed E-state index contributed by atoms with van der Waals surface area (Å²) in [4.78, 5) is 44.8. The standard InChI is InChI=1S/C27H34N4O3/c32-24-22(7-4-14-28-24)19-31-18-13-27(26(31)34)11-16-30(17-12-27)15-10-23(20-5-2-1-3-6-20)29-25(33)21-8-9-21/h1-7,14,21,23H,8-13,15-19H2,(H,28,32)(H,29,33)/t23-/m0/s1. The summed E-state index contributed by atoms with van der Waals surface area (Å²) in [7, 11) is 0. The van der Waals surface area contributed by atoms with E-state index in [4.69, 9.17) is 0 Å². The van der Waals surface area contributed by atoms with Crippen LogP contribution in [0.3, 0.4) is 0 Å². The van der Waals surface area contributed by atoms with Crippen molar-refractivity contribution in [1.29, 1.82) is 0 Å². The number of rotatable bonds is 8. The first-order valence-electron chi connectivity index (χ1n) is 12.6. The Morgan fingerprint density at radius 2 is 1.76 bits per heavy atom. The summed E-state index contributed by atoms with van der Waals surface area (Å²) in [6, 6.07) is 13.9. The number of benzene rings is 1. The van der Waals surface area contributed by atoms with E-state index in [0.717, 1.165) is 70.3 Å². The van der Waals surface area contributed by atoms with E-state index in [9.17, 15) is 14.4 Å². The highest BCUT2D eigenvalue weighted by Crippen LogP contribution is 2.42. The number of hydrogen-bond acceptors (Lipinski definition) is 4. The molecule has 3 aliphatic rings. The summed E-state index contributed by atoms with van der Waals surface area (Å²) in [5.41, 5.74) is 1.40. The second-order valence-electron chi connectivity index (χ2n) is 10.2. The molecule has 1 aromatic carbocycles. The number of carbonyl (C=O) groups is 2. The number of hydrogen-bond donors (Lipinski definition) is 2. The number of nitrogens with zero attached hydrogens (tertiary/aromatic N) is 2. The number of aromatic amines is 1. The lowest BCUT2D eigenvalue weighted by atomic mass is 9.77. The van der Waals surface area contributed by atoms with Gasteiger partial charge in [0.1, 0.15) is 0 Å². The largest absolute Gasteiger partial charge is 0.349 e. The second kappa shape index (κ2) is 9.74. The summed E-state index contributed by atoms with van der Waals surface area (Å²) in [5, 5.41) is 3.27. The Labute approximate surface area is 200 Å². The fourth-order valence-electron chi connectivity index (χ4n) is 5.45. The van der Waals surface area contributed by atoms with Crippen molar-refractivity contribution in [1.82, 2.24) is 20.1 Å². The van der Waals surface area contributed by atoms with Gasteiger partial charge in [-0.2, -0.15) is 0 Å². The van der Waals surface area contributed by atoms with Gasteiger partial charge in [-0.05, 0) is 63.2 Å². The number of H-pyrrole nitrogens is 1. The van der Waals surface area contributed by atoms with Crippen molar-refractivity contribution in [2.45, 2.75) is 51.1 Å². The summed E-state index contributed by atoms with van der Waals surface area (Å²) in [6.07, 6.45) is 7.09. The van der Waals surface area contributed by atoms with Crippen LogP contribution in [0.1, 0.15) is 55.7 Å². The Balaban J connectivity index is 1.15. The molecule has 2 aliphatic heterocycles. The summed E-state index contributed by atoms with van der Waals surface area (Å²) >= 11 is 0. The molecule has 2 amide bonds. The van der Waals surface area contributed by atoms with Crippen LogP contribution in [0.4, 0.5) is 0 Å². The van der Waals surface area contributed by atoms with Crippen molar-refractivity contribution < 1.29 is 9.59 Å². The van der Waals surface area contributed by atoms with Crippen LogP contribution in [0.15, 0.2) is 53.5 Å². The highest BCUT2D eigenvalue weighted by atomic mass is 16.2. The second-order valence-corrected chi connectivity index (χ2v) is 10.2. The first-order valence-corrected chi connectivity index (χ1v) is 12.6. The number of piperidine rings is 1. The van der Waals surface area contributed by atoms with Crippen LogP contribution < -0.4 is 10.9 Å². The van der Waals surface area contributed by atoms with Crippen molar-refractivity contribution in [3.05, 3.63) is 70.1 Å². The summed E-state index contributed by atoms with van der Waals surface area (Å²) in [6.45, 7) is 3.79. The van der Waals surface area contributed by atoms with Crippen LogP contribution in [0.2, 0.25) is 0 Å². The van der Waals surface area contributed by atoms with Crippen molar-refractivity contribution in [2.24, 2.45) is 11.3 Å². The fraction of sp³-hybridized carbons (Fsp3) is 0.519. The number of likely N-dealkylation sites (tertiary alicyclic amines) is 2. The van der Waals surface area contributed by atoms with Gasteiger partial charge in [0, 0.05) is 30.8 Å². The number of pyridine rings is 1. The van der Waals surface area contributed by atoms with Gasteiger partial charge in [-0.3, -0.25) is 14.4 Å². The predicted molar refractivity (Wildman–Crippen MR) is 130 cm³/mol. The molecule has 0 bridgehead atoms. The lowest BCUT2D eigenvalue weighted by Gasteiger charge is -2.38. The van der Waals surface area contributed by atoms with Gasteiger partial charge in [0.2, 0.25) is 11.8 Å². The van der Waals surface area contributed by atoms with Gasteiger partial charge in [0.15, 0.2) is 0 Å². The molecule has 1 atom stereocenters. The molecular weight excluding hydrogens is 428 g/mol. The molecule has 1 saturated carbocycles. The van der Waals surface area contributed by atoms with Gasteiger partial charge in [0.05, 0.1) is 18.0 Å². The molecule has 2 saturated heterocycles. The van der Waals surface area contributed by atoms with E-state index in [1.165, 1.54) is 0 Å². The minimum atomic E-state index is -0.281. The minimum absolute atomic E-state index is 0.0257. The molecule has 1 aliphatic carbocycles. The molecule has 1 aromatic heterocycles. The van der Waals surface area contributed by atoms with Crippen molar-refractivity contribution in [2.75, 3.05) is 26.2 Å². The lowest BCUT2D eigenvalue weighted by Crippen LogP contribution is -2.45. The van der Waals surface area contributed by atoms with E-state index >= 15 is 0 Å². The maximum absolute atomic E-state index is 13.3. The first-order chi connectivity index (χ1) is 16.5. The maximum Gasteiger partial charge on any atom is 0.252 e. The zero-order valence-electron chi connectivity index (χ0n) is 19.7. The molecule has 2 aromatic rings. The van der Waals surface area contributed by atoms with Crippen LogP contribution >= 0.6 is 0 Å². The fourth-order valence-corrected chi connectivity index (χ4v) is 5.45. The van der Waals surface area contributed by atoms with Crippen LogP contribution in [0, 0.1) is 11.3 Å². The van der Waals surface area contributed by atoms with Gasteiger partial charge in [-0.1, -0.05) is 36.4 Å². The van der Waals surface area contributed by atoms with Crippen LogP contribution in [-0.2, 0) is 16.1 Å². The topological polar surface area (TPSA) is 85.5 Å². The van der Waals surface area contributed by atoms with Gasteiger partial charge in [0.25, 0.3) is 5.56 Å². The third kappa shape index (κ3) is 4.94. The van der Waals surface area contributed by atoms with E-state index in [1.54, 1.807) is 18.3 Å². The summed E-state index contributed by atoms with van der Waals surface area (Å²) < 4.78 is 0. The number of amides is 2. The van der Waals surface area contributed by atoms with Crippen molar-refractivity contribution in [3.63, 3.8) is 0 Å². The van der Waals surface area contributed by atoms with Gasteiger partial charge in [-0.15, -0.1) is 0 Å². The Morgan fingerprint density at radius 3 is 2.47 bits per heavy atom. The van der Waals surface area contributed by atoms with Crippen LogP contribution in [0.25, 0.3) is 0 Å². The molecule has 34 heavy (non-hydrogen) atoms. The van der Waals surface area contributed by atoms with E-state index in [-0.39, 0.29) is 34.7 Å². The SMILES string of the molecule is O=C(N[C@@H](CCN1CCC2(CC1)CCN(Cc1ccc[nH]c1=O)C2=O)c1ccccc1)C1CC1. The Bertz CT molecular complexity index is 1070. The van der Waals surface area contributed by atoms with Crippen molar-refractivity contribution >= 4 is 11.8 Å². The van der Waals surface area contributed by atoms with Crippen LogP contribution in [-0.4, -0.2) is 52.8 Å². The van der Waals surface area contributed by atoms with Crippen LogP contribution in [0.5, 0.6) is 0 Å². The zero-order valence-corrected chi connectivity index (χ0v) is 19.7. The normalized spacial score (nSPS) is 21.1. The molecule has 5 rings (SSSR count). The van der Waals surface area contributed by atoms with E-state index in [2.05, 4.69) is 27.3 Å². The minimum Gasteiger partial charge on any atom is -0.349 e. The molecular formula is C27H34N4O3. The molecule has 3 fully saturated rings. The molecule has 3 heterocycles. The number of aromatic nitrogens is 1. The molecule has 180 valence electrons. The predicted octanol–water partition coefficient (Wildman–Crippen LogP) is 2.85. The highest BCUT2D eigenvalue weighted by molar-refractivity contribution is 5.85. The molecule has 7 heteroatoms. The van der Waals surface area contributed by atoms with Gasteiger partial charge < -0.3 is 20.1 Å². The average Bonchev–Trinajstić information content (AvgIpc) is 3.68. The monoisotopic (exact) mass is 462 g/mol. The first kappa shape index (κ1) is 22.8. The molecule has 0 radical (unpaired) electrons. The molecule has 7 nitrogen and oxygen atoms in total. The summed E-state index contributed by atoms with van der Waals surface area (Å²) in [5.74, 6) is 0.582. The number of carbonyl (C=O) groups excluding carboxylic acids is 2. The number of nitrogens with one attached hydrogen (secondary N) is 2. The van der Waals surface area contributed by atoms with Gasteiger partial charge >= 0.3 is 0 Å².